The van der Waals surface area contributed by atoms with Gasteiger partial charge in [-0.15, -0.1) is 4.72 Å². The molecule has 0 saturated heterocycles. The van der Waals surface area contributed by atoms with Gasteiger partial charge in [-0.3, -0.25) is 0 Å². The van der Waals surface area contributed by atoms with Crippen LogP contribution in [0.4, 0.5) is 4.39 Å². The van der Waals surface area contributed by atoms with E-state index in [4.69, 9.17) is 0 Å². The lowest BCUT2D eigenvalue weighted by molar-refractivity contribution is 0.518. The number of hydrogen-bond acceptors (Lipinski definition) is 4. The lowest BCUT2D eigenvalue weighted by atomic mass is 10.1. The second kappa shape index (κ2) is 6.76. The molecule has 0 aliphatic heterocycles. The van der Waals surface area contributed by atoms with Crippen LogP contribution in [0.1, 0.15) is 45.7 Å². The van der Waals surface area contributed by atoms with Crippen molar-refractivity contribution in [3.8, 4) is 5.82 Å². The van der Waals surface area contributed by atoms with Crippen LogP contribution in [0.2, 0.25) is 0 Å². The van der Waals surface area contributed by atoms with Crippen molar-refractivity contribution in [1.29, 1.82) is 0 Å². The van der Waals surface area contributed by atoms with Crippen LogP contribution in [0.3, 0.4) is 0 Å². The highest BCUT2D eigenvalue weighted by Gasteiger charge is 2.29. The summed E-state index contributed by atoms with van der Waals surface area (Å²) in [4.78, 5) is 4.30. The van der Waals surface area contributed by atoms with Gasteiger partial charge in [0.2, 0.25) is 0 Å². The Morgan fingerprint density at radius 3 is 2.55 bits per heavy atom. The molecule has 22 heavy (non-hydrogen) atoms. The molecule has 7 heteroatoms. The number of aromatic nitrogens is 3. The van der Waals surface area contributed by atoms with Crippen LogP contribution >= 0.6 is 0 Å². The molecule has 5 nitrogen and oxygen atoms in total. The van der Waals surface area contributed by atoms with Crippen LogP contribution in [0.25, 0.3) is 5.82 Å². The van der Waals surface area contributed by atoms with Crippen molar-refractivity contribution in [1.82, 2.24) is 19.5 Å². The third-order valence-corrected chi connectivity index (χ3v) is 4.78. The molecule has 0 bridgehead atoms. The van der Waals surface area contributed by atoms with Crippen molar-refractivity contribution < 1.29 is 8.94 Å². The Balaban J connectivity index is 2.14. The summed E-state index contributed by atoms with van der Waals surface area (Å²) in [5, 5.41) is 3.88. The Labute approximate surface area is 133 Å². The molecule has 0 amide bonds. The third kappa shape index (κ3) is 4.06. The minimum atomic E-state index is -1.15. The lowest BCUT2D eigenvalue weighted by Gasteiger charge is -2.27. The van der Waals surface area contributed by atoms with Crippen LogP contribution < -0.4 is 4.72 Å². The van der Waals surface area contributed by atoms with Crippen LogP contribution in [-0.2, 0) is 11.4 Å². The summed E-state index contributed by atoms with van der Waals surface area (Å²) in [7, 11) is 0. The molecule has 0 aliphatic carbocycles. The van der Waals surface area contributed by atoms with E-state index in [1.54, 1.807) is 12.3 Å². The van der Waals surface area contributed by atoms with Crippen LogP contribution in [0, 0.1) is 5.82 Å². The van der Waals surface area contributed by atoms with Gasteiger partial charge in [-0.05, 0) is 38.8 Å². The van der Waals surface area contributed by atoms with E-state index in [2.05, 4.69) is 14.8 Å². The van der Waals surface area contributed by atoms with Gasteiger partial charge in [-0.2, -0.15) is 5.10 Å². The predicted molar refractivity (Wildman–Crippen MR) is 85.4 cm³/mol. The average Bonchev–Trinajstić information content (AvgIpc) is 2.90. The Morgan fingerprint density at radius 2 is 2.09 bits per heavy atom. The highest BCUT2D eigenvalue weighted by molar-refractivity contribution is 7.90. The summed E-state index contributed by atoms with van der Waals surface area (Å²) in [6.07, 6.45) is 4.90. The van der Waals surface area contributed by atoms with Gasteiger partial charge in [-0.1, -0.05) is 13.0 Å². The normalized spacial score (nSPS) is 14.8. The smallest absolute Gasteiger partial charge is 0.161 e. The number of rotatable bonds is 5. The van der Waals surface area contributed by atoms with Crippen LogP contribution in [0.15, 0.2) is 30.7 Å². The van der Waals surface area contributed by atoms with E-state index >= 15 is 0 Å². The molecule has 1 N–H and O–H groups in total. The number of pyridine rings is 1. The molecule has 0 aliphatic rings. The first-order chi connectivity index (χ1) is 10.3. The topological polar surface area (TPSA) is 65.8 Å². The predicted octanol–water partition coefficient (Wildman–Crippen LogP) is 2.91. The molecule has 0 aromatic carbocycles. The number of nitrogens with one attached hydrogen (secondary N) is 1. The summed E-state index contributed by atoms with van der Waals surface area (Å²) >= 11 is -1.15. The Hall–Kier alpha value is -1.44. The van der Waals surface area contributed by atoms with E-state index in [9.17, 15) is 8.94 Å². The lowest BCUT2D eigenvalue weighted by Crippen LogP contribution is -2.41. The van der Waals surface area contributed by atoms with Crippen LogP contribution in [-0.4, -0.2) is 24.1 Å². The maximum Gasteiger partial charge on any atom is 0.161 e. The fraction of sp³-hybridized carbons (Fsp3) is 0.467. The first-order valence-electron chi connectivity index (χ1n) is 7.16. The Bertz CT molecular complexity index is 609. The molecule has 0 spiro atoms. The van der Waals surface area contributed by atoms with Crippen molar-refractivity contribution in [3.05, 3.63) is 42.1 Å². The van der Waals surface area contributed by atoms with Crippen molar-refractivity contribution >= 4 is 11.4 Å². The number of nitrogens with zero attached hydrogens (tertiary/aromatic N) is 3. The zero-order chi connectivity index (χ0) is 16.3. The molecule has 2 rings (SSSR count). The summed E-state index contributed by atoms with van der Waals surface area (Å²) in [6, 6.07) is 3.62. The van der Waals surface area contributed by atoms with Crippen molar-refractivity contribution in [3.63, 3.8) is 0 Å². The largest absolute Gasteiger partial charge is 0.598 e. The first-order valence-corrected chi connectivity index (χ1v) is 8.30. The molecule has 2 heterocycles. The number of halogens is 1. The third-order valence-electron chi connectivity index (χ3n) is 3.17. The van der Waals surface area contributed by atoms with Gasteiger partial charge in [-0.25, -0.2) is 14.1 Å². The van der Waals surface area contributed by atoms with Gasteiger partial charge in [0, 0.05) is 17.6 Å². The molecule has 0 saturated carbocycles. The summed E-state index contributed by atoms with van der Waals surface area (Å²) < 4.78 is 29.4. The quantitative estimate of drug-likeness (QED) is 0.859. The highest BCUT2D eigenvalue weighted by Crippen LogP contribution is 2.22. The highest BCUT2D eigenvalue weighted by atomic mass is 32.2. The Kier molecular flexibility index (Phi) is 5.20. The maximum absolute atomic E-state index is 13.0. The molecule has 1 unspecified atom stereocenters. The Morgan fingerprint density at radius 1 is 1.36 bits per heavy atom. The zero-order valence-electron chi connectivity index (χ0n) is 13.2. The monoisotopic (exact) mass is 324 g/mol. The second-order valence-corrected chi connectivity index (χ2v) is 8.01. The van der Waals surface area contributed by atoms with Gasteiger partial charge in [0.1, 0.15) is 4.75 Å². The molecule has 2 atom stereocenters. The maximum atomic E-state index is 13.0. The zero-order valence-corrected chi connectivity index (χ0v) is 14.0. The minimum absolute atomic E-state index is 0.0454. The van der Waals surface area contributed by atoms with Gasteiger partial charge >= 0.3 is 0 Å². The number of hydrogen-bond donors (Lipinski definition) is 1. The van der Waals surface area contributed by atoms with E-state index < -0.39 is 17.2 Å². The molecule has 0 radical (unpaired) electrons. The van der Waals surface area contributed by atoms with Crippen molar-refractivity contribution in [2.24, 2.45) is 0 Å². The van der Waals surface area contributed by atoms with E-state index in [1.807, 2.05) is 33.8 Å². The molecule has 0 fully saturated rings. The van der Waals surface area contributed by atoms with Gasteiger partial charge in [0.15, 0.2) is 11.6 Å². The fourth-order valence-corrected chi connectivity index (χ4v) is 2.77. The summed E-state index contributed by atoms with van der Waals surface area (Å²) in [5.41, 5.74) is 0.941. The van der Waals surface area contributed by atoms with Gasteiger partial charge in [0.05, 0.1) is 18.4 Å². The van der Waals surface area contributed by atoms with Crippen LogP contribution in [0.5, 0.6) is 0 Å². The molecular weight excluding hydrogens is 303 g/mol. The average molecular weight is 324 g/mol. The van der Waals surface area contributed by atoms with E-state index in [1.165, 1.54) is 10.9 Å². The van der Waals surface area contributed by atoms with E-state index in [0.717, 1.165) is 18.2 Å². The first kappa shape index (κ1) is 16.9. The van der Waals surface area contributed by atoms with E-state index in [0.29, 0.717) is 5.82 Å². The molecule has 120 valence electrons. The van der Waals surface area contributed by atoms with Gasteiger partial charge < -0.3 is 4.55 Å². The second-order valence-electron chi connectivity index (χ2n) is 6.01. The van der Waals surface area contributed by atoms with E-state index in [-0.39, 0.29) is 10.8 Å². The van der Waals surface area contributed by atoms with Crippen molar-refractivity contribution in [2.75, 3.05) is 0 Å². The molecule has 2 aromatic rings. The molecular formula is C15H21FN4OS. The fourth-order valence-electron chi connectivity index (χ4n) is 1.86. The van der Waals surface area contributed by atoms with Gasteiger partial charge in [0.25, 0.3) is 0 Å². The molecule has 2 aromatic heterocycles. The van der Waals surface area contributed by atoms with Crippen molar-refractivity contribution in [2.45, 2.75) is 44.9 Å². The SMILES string of the molecule is CCC(N[S@+]([O-])C(C)(C)C)c1ccc(-n2cc(F)cn2)nc1. The standard InChI is InChI=1S/C15H21FN4OS/c1-5-13(19-22(21)15(2,3)4)11-6-7-14(17-8-11)20-10-12(16)9-18-20/h6-10,13,19H,5H2,1-4H3/t13?,22-/m1/s1. The minimum Gasteiger partial charge on any atom is -0.598 e. The summed E-state index contributed by atoms with van der Waals surface area (Å²) in [5.74, 6) is 0.138. The summed E-state index contributed by atoms with van der Waals surface area (Å²) in [6.45, 7) is 7.80.